The van der Waals surface area contributed by atoms with Gasteiger partial charge in [0.05, 0.1) is 17.4 Å². The van der Waals surface area contributed by atoms with Crippen molar-refractivity contribution in [2.24, 2.45) is 11.8 Å². The Morgan fingerprint density at radius 2 is 1.92 bits per heavy atom. The second kappa shape index (κ2) is 9.82. The Kier molecular flexibility index (Phi) is 7.77. The van der Waals surface area contributed by atoms with Crippen LogP contribution in [-0.4, -0.2) is 48.2 Å². The lowest BCUT2D eigenvalue weighted by molar-refractivity contribution is -0.124. The van der Waals surface area contributed by atoms with Crippen LogP contribution in [0, 0.1) is 11.8 Å². The average molecular weight is 369 g/mol. The van der Waals surface area contributed by atoms with Crippen LogP contribution in [0.3, 0.4) is 0 Å². The van der Waals surface area contributed by atoms with Crippen LogP contribution in [0.4, 0.5) is 4.79 Å². The molecule has 0 aromatic carbocycles. The normalized spacial score (nSPS) is 24.4. The van der Waals surface area contributed by atoms with Crippen molar-refractivity contribution in [2.75, 3.05) is 18.8 Å². The van der Waals surface area contributed by atoms with E-state index < -0.39 is 17.9 Å². The van der Waals surface area contributed by atoms with Crippen molar-refractivity contribution in [3.05, 3.63) is 12.2 Å². The molecule has 2 aliphatic rings. The van der Waals surface area contributed by atoms with Gasteiger partial charge in [0.2, 0.25) is 11.8 Å². The smallest absolute Gasteiger partial charge is 0.414 e. The van der Waals surface area contributed by atoms with Crippen molar-refractivity contribution in [1.82, 2.24) is 16.0 Å². The van der Waals surface area contributed by atoms with Crippen molar-refractivity contribution in [1.29, 1.82) is 0 Å². The molecule has 3 amide bonds. The second-order valence-corrected chi connectivity index (χ2v) is 7.83. The fourth-order valence-electron chi connectivity index (χ4n) is 2.89. The molecule has 3 N–H and O–H groups in total. The number of hydrogen-bond acceptors (Lipinski definition) is 6. The fraction of sp³-hybridized carbons (Fsp3) is 0.706. The molecule has 0 aromatic heterocycles. The summed E-state index contributed by atoms with van der Waals surface area (Å²) >= 11 is 1.52. The zero-order valence-corrected chi connectivity index (χ0v) is 15.6. The molecular weight excluding hydrogens is 342 g/mol. The highest BCUT2D eigenvalue weighted by molar-refractivity contribution is 8.00. The summed E-state index contributed by atoms with van der Waals surface area (Å²) in [5, 5.41) is 8.09. The van der Waals surface area contributed by atoms with Gasteiger partial charge in [0, 0.05) is 0 Å². The van der Waals surface area contributed by atoms with E-state index in [9.17, 15) is 14.4 Å². The maximum atomic E-state index is 12.2. The summed E-state index contributed by atoms with van der Waals surface area (Å²) in [6.07, 6.45) is 5.17. The summed E-state index contributed by atoms with van der Waals surface area (Å²) in [6.45, 7) is 5.38. The first-order chi connectivity index (χ1) is 12.0. The van der Waals surface area contributed by atoms with E-state index in [1.54, 1.807) is 19.9 Å². The topological polar surface area (TPSA) is 96.5 Å². The van der Waals surface area contributed by atoms with Crippen LogP contribution in [0.5, 0.6) is 0 Å². The van der Waals surface area contributed by atoms with E-state index in [1.165, 1.54) is 11.8 Å². The maximum Gasteiger partial charge on any atom is 0.414 e. The summed E-state index contributed by atoms with van der Waals surface area (Å²) in [5.74, 6) is 0.165. The zero-order valence-electron chi connectivity index (χ0n) is 14.7. The number of amides is 3. The molecule has 8 heteroatoms. The van der Waals surface area contributed by atoms with Crippen molar-refractivity contribution in [3.63, 3.8) is 0 Å². The molecule has 2 rings (SSSR count). The van der Waals surface area contributed by atoms with Crippen molar-refractivity contribution in [3.8, 4) is 0 Å². The minimum Gasteiger partial charge on any atom is -0.447 e. The highest BCUT2D eigenvalue weighted by atomic mass is 32.2. The molecule has 2 aliphatic heterocycles. The lowest BCUT2D eigenvalue weighted by Crippen LogP contribution is -2.44. The summed E-state index contributed by atoms with van der Waals surface area (Å²) in [5.41, 5.74) is 0. The van der Waals surface area contributed by atoms with Crippen molar-refractivity contribution >= 4 is 29.7 Å². The second-order valence-electron chi connectivity index (χ2n) is 6.59. The molecule has 25 heavy (non-hydrogen) atoms. The number of imide groups is 1. The lowest BCUT2D eigenvalue weighted by Gasteiger charge is -2.20. The van der Waals surface area contributed by atoms with E-state index in [-0.39, 0.29) is 17.4 Å². The van der Waals surface area contributed by atoms with Crippen molar-refractivity contribution < 1.29 is 19.1 Å². The summed E-state index contributed by atoms with van der Waals surface area (Å²) in [6, 6.07) is 0. The Bertz CT molecular complexity index is 518. The van der Waals surface area contributed by atoms with Gasteiger partial charge in [0.25, 0.3) is 0 Å². The Hall–Kier alpha value is -1.54. The van der Waals surface area contributed by atoms with Crippen LogP contribution < -0.4 is 16.0 Å². The van der Waals surface area contributed by atoms with Gasteiger partial charge in [-0.3, -0.25) is 14.9 Å². The molecule has 0 bridgehead atoms. The summed E-state index contributed by atoms with van der Waals surface area (Å²) < 4.78 is 4.92. The van der Waals surface area contributed by atoms with Gasteiger partial charge in [-0.15, -0.1) is 11.8 Å². The van der Waals surface area contributed by atoms with Crippen LogP contribution >= 0.6 is 11.8 Å². The standard InChI is InChI=1S/C17H27N3O4S/c1-11(2)24-17(23)20-15(22)13-7-10-25-16(13)19-14(21)4-3-12-5-8-18-9-6-12/h3-4,11-13,16,18H,5-10H2,1-2H3,(H,19,21)(H,20,22,23). The molecule has 0 spiro atoms. The minimum absolute atomic E-state index is 0.194. The molecular formula is C17H27N3O4S. The van der Waals surface area contributed by atoms with E-state index >= 15 is 0 Å². The zero-order chi connectivity index (χ0) is 18.2. The molecule has 0 aromatic rings. The quantitative estimate of drug-likeness (QED) is 0.634. The van der Waals surface area contributed by atoms with Gasteiger partial charge in [-0.2, -0.15) is 0 Å². The number of hydrogen-bond donors (Lipinski definition) is 3. The molecule has 2 atom stereocenters. The number of alkyl carbamates (subject to hydrolysis) is 1. The molecule has 0 aliphatic carbocycles. The van der Waals surface area contributed by atoms with Gasteiger partial charge in [0.1, 0.15) is 0 Å². The number of nitrogens with one attached hydrogen (secondary N) is 3. The number of piperidine rings is 1. The minimum atomic E-state index is -0.743. The van der Waals surface area contributed by atoms with Crippen molar-refractivity contribution in [2.45, 2.75) is 44.6 Å². The molecule has 7 nitrogen and oxygen atoms in total. The molecule has 0 radical (unpaired) electrons. The molecule has 2 fully saturated rings. The summed E-state index contributed by atoms with van der Waals surface area (Å²) in [7, 11) is 0. The van der Waals surface area contributed by atoms with E-state index in [1.807, 2.05) is 6.08 Å². The molecule has 140 valence electrons. The van der Waals surface area contributed by atoms with Crippen LogP contribution in [0.25, 0.3) is 0 Å². The molecule has 2 unspecified atom stereocenters. The summed E-state index contributed by atoms with van der Waals surface area (Å²) in [4.78, 5) is 35.9. The highest BCUT2D eigenvalue weighted by Crippen LogP contribution is 2.30. The number of carbonyl (C=O) groups is 3. The van der Waals surface area contributed by atoms with E-state index in [0.29, 0.717) is 12.3 Å². The lowest BCUT2D eigenvalue weighted by atomic mass is 9.98. The predicted molar refractivity (Wildman–Crippen MR) is 97.0 cm³/mol. The Labute approximate surface area is 152 Å². The Morgan fingerprint density at radius 3 is 2.60 bits per heavy atom. The number of thioether (sulfide) groups is 1. The number of ether oxygens (including phenoxy) is 1. The highest BCUT2D eigenvalue weighted by Gasteiger charge is 2.35. The third kappa shape index (κ3) is 6.70. The first-order valence-electron chi connectivity index (χ1n) is 8.78. The fourth-order valence-corrected chi connectivity index (χ4v) is 4.22. The van der Waals surface area contributed by atoms with Gasteiger partial charge in [-0.25, -0.2) is 4.79 Å². The van der Waals surface area contributed by atoms with E-state index in [2.05, 4.69) is 16.0 Å². The van der Waals surface area contributed by atoms with Crippen LogP contribution in [0.2, 0.25) is 0 Å². The number of rotatable bonds is 5. The largest absolute Gasteiger partial charge is 0.447 e. The van der Waals surface area contributed by atoms with Gasteiger partial charge < -0.3 is 15.4 Å². The third-order valence-electron chi connectivity index (χ3n) is 4.18. The number of allylic oxidation sites excluding steroid dienone is 1. The number of carbonyl (C=O) groups excluding carboxylic acids is 3. The maximum absolute atomic E-state index is 12.2. The van der Waals surface area contributed by atoms with E-state index in [0.717, 1.165) is 31.7 Å². The predicted octanol–water partition coefficient (Wildman–Crippen LogP) is 1.40. The monoisotopic (exact) mass is 369 g/mol. The molecule has 0 saturated carbocycles. The van der Waals surface area contributed by atoms with Crippen LogP contribution in [0.1, 0.15) is 33.1 Å². The van der Waals surface area contributed by atoms with Crippen LogP contribution in [0.15, 0.2) is 12.2 Å². The van der Waals surface area contributed by atoms with Gasteiger partial charge >= 0.3 is 6.09 Å². The first-order valence-corrected chi connectivity index (χ1v) is 9.83. The molecule has 2 heterocycles. The molecule has 2 saturated heterocycles. The van der Waals surface area contributed by atoms with Gasteiger partial charge in [0.15, 0.2) is 0 Å². The van der Waals surface area contributed by atoms with E-state index in [4.69, 9.17) is 4.74 Å². The van der Waals surface area contributed by atoms with Gasteiger partial charge in [-0.1, -0.05) is 6.08 Å². The third-order valence-corrected chi connectivity index (χ3v) is 5.46. The average Bonchev–Trinajstić information content (AvgIpc) is 3.01. The SMILES string of the molecule is CC(C)OC(=O)NC(=O)C1CCSC1NC(=O)C=CC1CCNCC1. The van der Waals surface area contributed by atoms with Crippen LogP contribution in [-0.2, 0) is 14.3 Å². The van der Waals surface area contributed by atoms with Gasteiger partial charge in [-0.05, 0) is 63.9 Å². The Balaban J connectivity index is 1.81. The first kappa shape index (κ1) is 19.8. The Morgan fingerprint density at radius 1 is 1.20 bits per heavy atom.